The van der Waals surface area contributed by atoms with Crippen LogP contribution in [0.15, 0.2) is 24.7 Å². The predicted octanol–water partition coefficient (Wildman–Crippen LogP) is 2.10. The van der Waals surface area contributed by atoms with Gasteiger partial charge in [-0.25, -0.2) is 0 Å². The van der Waals surface area contributed by atoms with E-state index < -0.39 is 0 Å². The van der Waals surface area contributed by atoms with Gasteiger partial charge in [0.1, 0.15) is 5.82 Å². The summed E-state index contributed by atoms with van der Waals surface area (Å²) in [6.45, 7) is 4.50. The Bertz CT molecular complexity index is 658. The van der Waals surface area contributed by atoms with Gasteiger partial charge in [0.2, 0.25) is 5.88 Å². The Morgan fingerprint density at radius 1 is 1.33 bits per heavy atom. The largest absolute Gasteiger partial charge is 0.477 e. The smallest absolute Gasteiger partial charge is 0.234 e. The van der Waals surface area contributed by atoms with Crippen molar-refractivity contribution >= 4 is 5.82 Å². The first-order valence-corrected chi connectivity index (χ1v) is 8.56. The molecule has 0 radical (unpaired) electrons. The molecule has 3 rings (SSSR count). The van der Waals surface area contributed by atoms with Gasteiger partial charge in [-0.15, -0.1) is 0 Å². The standard InChI is InChI=1S/C17H26N6O/c1-4-24-16-12-18-11-15(21-16)19-10-13-6-5-9-22(2)17(13)14-7-8-20-23(14)3/h7-8,11-13,17H,4-6,9-10H2,1-3H3,(H,19,21)/t13-,17+/m0/s1. The molecule has 7 nitrogen and oxygen atoms in total. The number of nitrogens with one attached hydrogen (secondary N) is 1. The van der Waals surface area contributed by atoms with Gasteiger partial charge in [0.25, 0.3) is 0 Å². The number of hydrogen-bond acceptors (Lipinski definition) is 6. The number of nitrogens with zero attached hydrogens (tertiary/aromatic N) is 5. The Labute approximate surface area is 143 Å². The second kappa shape index (κ2) is 7.61. The third-order valence-electron chi connectivity index (χ3n) is 4.62. The molecule has 0 saturated carbocycles. The number of aryl methyl sites for hydroxylation is 1. The first-order valence-electron chi connectivity index (χ1n) is 8.56. The summed E-state index contributed by atoms with van der Waals surface area (Å²) in [6.07, 6.45) is 7.66. The minimum atomic E-state index is 0.363. The highest BCUT2D eigenvalue weighted by Crippen LogP contribution is 2.34. The first-order chi connectivity index (χ1) is 11.7. The summed E-state index contributed by atoms with van der Waals surface area (Å²) in [5, 5.41) is 7.78. The van der Waals surface area contributed by atoms with Crippen molar-refractivity contribution in [1.82, 2.24) is 24.6 Å². The second-order valence-corrected chi connectivity index (χ2v) is 6.26. The van der Waals surface area contributed by atoms with Crippen LogP contribution in [-0.4, -0.2) is 51.4 Å². The quantitative estimate of drug-likeness (QED) is 0.875. The van der Waals surface area contributed by atoms with E-state index in [-0.39, 0.29) is 0 Å². The Morgan fingerprint density at radius 3 is 2.96 bits per heavy atom. The minimum absolute atomic E-state index is 0.363. The molecule has 2 aromatic rings. The minimum Gasteiger partial charge on any atom is -0.477 e. The molecule has 24 heavy (non-hydrogen) atoms. The number of anilines is 1. The molecular weight excluding hydrogens is 304 g/mol. The van der Waals surface area contributed by atoms with E-state index in [4.69, 9.17) is 4.74 Å². The molecule has 0 unspecified atom stereocenters. The van der Waals surface area contributed by atoms with E-state index in [1.165, 1.54) is 18.5 Å². The molecule has 1 N–H and O–H groups in total. The maximum atomic E-state index is 5.42. The fraction of sp³-hybridized carbons (Fsp3) is 0.588. The van der Waals surface area contributed by atoms with Gasteiger partial charge in [0, 0.05) is 19.8 Å². The number of ether oxygens (including phenoxy) is 1. The Hall–Kier alpha value is -2.15. The summed E-state index contributed by atoms with van der Waals surface area (Å²) in [7, 11) is 4.21. The molecule has 0 aliphatic carbocycles. The number of hydrogen-bond donors (Lipinski definition) is 1. The molecule has 2 atom stereocenters. The van der Waals surface area contributed by atoms with Crippen LogP contribution in [0.5, 0.6) is 5.88 Å². The van der Waals surface area contributed by atoms with E-state index >= 15 is 0 Å². The van der Waals surface area contributed by atoms with Crippen molar-refractivity contribution in [1.29, 1.82) is 0 Å². The molecule has 0 amide bonds. The summed E-state index contributed by atoms with van der Waals surface area (Å²) < 4.78 is 7.40. The van der Waals surface area contributed by atoms with Gasteiger partial charge in [0.15, 0.2) is 0 Å². The third kappa shape index (κ3) is 3.67. The van der Waals surface area contributed by atoms with Crippen molar-refractivity contribution in [2.75, 3.05) is 32.1 Å². The summed E-state index contributed by atoms with van der Waals surface area (Å²) >= 11 is 0. The zero-order valence-corrected chi connectivity index (χ0v) is 14.6. The van der Waals surface area contributed by atoms with Crippen molar-refractivity contribution < 1.29 is 4.74 Å². The van der Waals surface area contributed by atoms with Crippen LogP contribution in [-0.2, 0) is 7.05 Å². The van der Waals surface area contributed by atoms with Gasteiger partial charge in [-0.05, 0) is 45.3 Å². The SMILES string of the molecule is CCOc1cncc(NC[C@@H]2CCCN(C)[C@H]2c2ccnn2C)n1. The summed E-state index contributed by atoms with van der Waals surface area (Å²) in [5.74, 6) is 1.82. The summed E-state index contributed by atoms with van der Waals surface area (Å²) in [6, 6.07) is 2.48. The Morgan fingerprint density at radius 2 is 2.21 bits per heavy atom. The van der Waals surface area contributed by atoms with E-state index in [0.29, 0.717) is 24.4 Å². The first kappa shape index (κ1) is 16.7. The molecule has 0 bridgehead atoms. The number of aromatic nitrogens is 4. The van der Waals surface area contributed by atoms with Gasteiger partial charge in [0.05, 0.1) is 30.7 Å². The van der Waals surface area contributed by atoms with Crippen molar-refractivity contribution in [3.63, 3.8) is 0 Å². The lowest BCUT2D eigenvalue weighted by atomic mass is 9.87. The topological polar surface area (TPSA) is 68.1 Å². The molecule has 130 valence electrons. The van der Waals surface area contributed by atoms with Gasteiger partial charge >= 0.3 is 0 Å². The lowest BCUT2D eigenvalue weighted by molar-refractivity contribution is 0.121. The fourth-order valence-corrected chi connectivity index (χ4v) is 3.50. The second-order valence-electron chi connectivity index (χ2n) is 6.26. The molecule has 2 aromatic heterocycles. The lowest BCUT2D eigenvalue weighted by Gasteiger charge is -2.39. The Balaban J connectivity index is 1.70. The average molecular weight is 330 g/mol. The molecule has 1 aliphatic rings. The highest BCUT2D eigenvalue weighted by molar-refractivity contribution is 5.33. The molecule has 0 spiro atoms. The third-order valence-corrected chi connectivity index (χ3v) is 4.62. The zero-order chi connectivity index (χ0) is 16.9. The maximum Gasteiger partial charge on any atom is 0.234 e. The van der Waals surface area contributed by atoms with E-state index in [2.05, 4.69) is 38.4 Å². The van der Waals surface area contributed by atoms with Gasteiger partial charge in [-0.1, -0.05) is 0 Å². The van der Waals surface area contributed by atoms with Crippen LogP contribution >= 0.6 is 0 Å². The predicted molar refractivity (Wildman–Crippen MR) is 93.0 cm³/mol. The van der Waals surface area contributed by atoms with E-state index in [1.807, 2.05) is 24.9 Å². The van der Waals surface area contributed by atoms with Crippen molar-refractivity contribution in [3.05, 3.63) is 30.4 Å². The number of likely N-dealkylation sites (tertiary alicyclic amines) is 1. The molecule has 1 saturated heterocycles. The van der Waals surface area contributed by atoms with Crippen molar-refractivity contribution in [3.8, 4) is 5.88 Å². The summed E-state index contributed by atoms with van der Waals surface area (Å²) in [5.41, 5.74) is 1.26. The normalized spacial score (nSPS) is 21.6. The van der Waals surface area contributed by atoms with Crippen molar-refractivity contribution in [2.45, 2.75) is 25.8 Å². The average Bonchev–Trinajstić information content (AvgIpc) is 2.99. The van der Waals surface area contributed by atoms with Gasteiger partial charge in [-0.2, -0.15) is 10.1 Å². The highest BCUT2D eigenvalue weighted by Gasteiger charge is 2.32. The molecule has 0 aromatic carbocycles. The summed E-state index contributed by atoms with van der Waals surface area (Å²) in [4.78, 5) is 11.1. The highest BCUT2D eigenvalue weighted by atomic mass is 16.5. The van der Waals surface area contributed by atoms with Crippen LogP contribution < -0.4 is 10.1 Å². The lowest BCUT2D eigenvalue weighted by Crippen LogP contribution is -2.40. The Kier molecular flexibility index (Phi) is 5.30. The van der Waals surface area contributed by atoms with E-state index in [0.717, 1.165) is 18.9 Å². The van der Waals surface area contributed by atoms with Crippen LogP contribution in [0.2, 0.25) is 0 Å². The van der Waals surface area contributed by atoms with E-state index in [9.17, 15) is 0 Å². The monoisotopic (exact) mass is 330 g/mol. The van der Waals surface area contributed by atoms with Crippen LogP contribution in [0.4, 0.5) is 5.82 Å². The molecule has 3 heterocycles. The van der Waals surface area contributed by atoms with E-state index in [1.54, 1.807) is 12.4 Å². The molecule has 7 heteroatoms. The number of rotatable bonds is 6. The zero-order valence-electron chi connectivity index (χ0n) is 14.6. The van der Waals surface area contributed by atoms with Gasteiger partial charge in [-0.3, -0.25) is 14.6 Å². The van der Waals surface area contributed by atoms with Crippen molar-refractivity contribution in [2.24, 2.45) is 13.0 Å². The molecule has 1 aliphatic heterocycles. The van der Waals surface area contributed by atoms with Crippen LogP contribution in [0.1, 0.15) is 31.5 Å². The van der Waals surface area contributed by atoms with Crippen LogP contribution in [0, 0.1) is 5.92 Å². The molecular formula is C17H26N6O. The number of piperidine rings is 1. The van der Waals surface area contributed by atoms with Crippen LogP contribution in [0.3, 0.4) is 0 Å². The van der Waals surface area contributed by atoms with Crippen LogP contribution in [0.25, 0.3) is 0 Å². The molecule has 1 fully saturated rings. The van der Waals surface area contributed by atoms with Gasteiger partial charge < -0.3 is 10.1 Å². The fourth-order valence-electron chi connectivity index (χ4n) is 3.50. The maximum absolute atomic E-state index is 5.42.